The first-order chi connectivity index (χ1) is 15.8. The van der Waals surface area contributed by atoms with E-state index in [0.717, 1.165) is 31.9 Å². The van der Waals surface area contributed by atoms with Crippen LogP contribution in [0.25, 0.3) is 5.69 Å². The van der Waals surface area contributed by atoms with Gasteiger partial charge < -0.3 is 15.0 Å². The highest BCUT2D eigenvalue weighted by molar-refractivity contribution is 5.51. The van der Waals surface area contributed by atoms with Crippen LogP contribution in [0.3, 0.4) is 0 Å². The molecule has 33 heavy (non-hydrogen) atoms. The highest BCUT2D eigenvalue weighted by Gasteiger charge is 2.41. The Labute approximate surface area is 187 Å². The molecule has 11 heteroatoms. The van der Waals surface area contributed by atoms with Gasteiger partial charge in [0, 0.05) is 31.9 Å². The Morgan fingerprint density at radius 3 is 2.27 bits per heavy atom. The Hall–Kier alpha value is -3.34. The maximum Gasteiger partial charge on any atom is 0.350 e. The summed E-state index contributed by atoms with van der Waals surface area (Å²) in [5, 5.41) is 7.45. The molecule has 2 aromatic carbocycles. The fourth-order valence-electron chi connectivity index (χ4n) is 3.48. The molecule has 0 radical (unpaired) electrons. The predicted octanol–water partition coefficient (Wildman–Crippen LogP) is 2.77. The van der Waals surface area contributed by atoms with Crippen LogP contribution in [0.1, 0.15) is 5.56 Å². The lowest BCUT2D eigenvalue weighted by Crippen LogP contribution is -2.43. The van der Waals surface area contributed by atoms with Crippen molar-refractivity contribution in [1.82, 2.24) is 19.7 Å². The molecule has 1 aromatic heterocycles. The van der Waals surface area contributed by atoms with Gasteiger partial charge >= 0.3 is 18.0 Å². The Morgan fingerprint density at radius 2 is 1.64 bits per heavy atom. The second-order valence-electron chi connectivity index (χ2n) is 7.69. The Bertz CT molecular complexity index is 1110. The summed E-state index contributed by atoms with van der Waals surface area (Å²) in [4.78, 5) is 15.0. The van der Waals surface area contributed by atoms with E-state index in [0.29, 0.717) is 11.3 Å². The van der Waals surface area contributed by atoms with Crippen molar-refractivity contribution >= 4 is 5.69 Å². The molecule has 3 aromatic rings. The number of halogens is 4. The summed E-state index contributed by atoms with van der Waals surface area (Å²) in [6, 6.07) is 13.6. The van der Waals surface area contributed by atoms with Crippen LogP contribution < -0.4 is 20.6 Å². The van der Waals surface area contributed by atoms with E-state index >= 15 is 0 Å². The van der Waals surface area contributed by atoms with E-state index in [1.54, 1.807) is 12.1 Å². The molecular formula is C22H23F4N5O2. The van der Waals surface area contributed by atoms with Crippen molar-refractivity contribution in [1.29, 1.82) is 0 Å². The third kappa shape index (κ3) is 5.36. The quantitative estimate of drug-likeness (QED) is 0.519. The first-order valence-corrected chi connectivity index (χ1v) is 10.4. The lowest BCUT2D eigenvalue weighted by atomic mass is 10.2. The number of anilines is 1. The summed E-state index contributed by atoms with van der Waals surface area (Å²) in [6.45, 7) is 2.46. The molecule has 1 aliphatic heterocycles. The van der Waals surface area contributed by atoms with Gasteiger partial charge in [-0.1, -0.05) is 12.1 Å². The van der Waals surface area contributed by atoms with Crippen LogP contribution in [0.15, 0.2) is 59.7 Å². The number of benzene rings is 2. The minimum atomic E-state index is -4.22. The van der Waals surface area contributed by atoms with Crippen molar-refractivity contribution in [3.05, 3.63) is 70.9 Å². The number of aromatic nitrogens is 3. The summed E-state index contributed by atoms with van der Waals surface area (Å²) in [7, 11) is 0. The van der Waals surface area contributed by atoms with Crippen molar-refractivity contribution in [3.8, 4) is 11.4 Å². The molecule has 4 rings (SSSR count). The van der Waals surface area contributed by atoms with Gasteiger partial charge in [0.1, 0.15) is 12.1 Å². The number of piperazine rings is 1. The zero-order chi connectivity index (χ0) is 23.4. The van der Waals surface area contributed by atoms with Gasteiger partial charge in [-0.2, -0.15) is 13.9 Å². The van der Waals surface area contributed by atoms with Gasteiger partial charge in [0.25, 0.3) is 0 Å². The van der Waals surface area contributed by atoms with E-state index in [1.807, 2.05) is 24.3 Å². The predicted molar refractivity (Wildman–Crippen MR) is 115 cm³/mol. The minimum absolute atomic E-state index is 0.0292. The summed E-state index contributed by atoms with van der Waals surface area (Å²) in [5.41, 5.74) is 2.12. The number of hydrogen-bond acceptors (Lipinski definition) is 5. The second kappa shape index (κ2) is 9.65. The Balaban J connectivity index is 1.40. The van der Waals surface area contributed by atoms with Gasteiger partial charge in [0.2, 0.25) is 0 Å². The highest BCUT2D eigenvalue weighted by Crippen LogP contribution is 2.24. The van der Waals surface area contributed by atoms with Crippen molar-refractivity contribution in [2.45, 2.75) is 18.9 Å². The third-order valence-electron chi connectivity index (χ3n) is 5.35. The average Bonchev–Trinajstić information content (AvgIpc) is 3.19. The first kappa shape index (κ1) is 22.8. The van der Waals surface area contributed by atoms with Gasteiger partial charge in [0.05, 0.1) is 12.2 Å². The molecule has 1 fully saturated rings. The number of nitrogens with one attached hydrogen (secondary N) is 1. The topological polar surface area (TPSA) is 64.3 Å². The van der Waals surface area contributed by atoms with Crippen molar-refractivity contribution in [2.24, 2.45) is 0 Å². The second-order valence-corrected chi connectivity index (χ2v) is 7.69. The summed E-state index contributed by atoms with van der Waals surface area (Å²) in [6.07, 6.45) is -2.36. The van der Waals surface area contributed by atoms with Crippen LogP contribution in [0, 0.1) is 0 Å². The molecule has 0 bridgehead atoms. The van der Waals surface area contributed by atoms with Gasteiger partial charge in [0.15, 0.2) is 6.61 Å². The molecule has 2 heterocycles. The largest absolute Gasteiger partial charge is 0.487 e. The van der Waals surface area contributed by atoms with E-state index in [2.05, 4.69) is 15.3 Å². The standard InChI is InChI=1S/C22H23F4N5O2/c23-20(24)22(25,26)14-33-19-7-1-16(2-8-19)13-31-21(32)30(15-28-31)18-5-3-17(4-6-18)29-11-9-27-10-12-29/h1-8,15,20,27H,9-14H2. The molecule has 1 saturated heterocycles. The number of nitrogens with zero attached hydrogens (tertiary/aromatic N) is 4. The molecule has 0 spiro atoms. The van der Waals surface area contributed by atoms with Crippen LogP contribution in [-0.2, 0) is 6.54 Å². The molecule has 0 amide bonds. The molecule has 0 saturated carbocycles. The molecular weight excluding hydrogens is 442 g/mol. The van der Waals surface area contributed by atoms with Crippen LogP contribution in [0.5, 0.6) is 5.75 Å². The monoisotopic (exact) mass is 465 g/mol. The zero-order valence-corrected chi connectivity index (χ0v) is 17.6. The number of rotatable bonds is 8. The summed E-state index contributed by atoms with van der Waals surface area (Å²) in [5.74, 6) is -4.19. The molecule has 0 atom stereocenters. The zero-order valence-electron chi connectivity index (χ0n) is 17.6. The highest BCUT2D eigenvalue weighted by atomic mass is 19.3. The van der Waals surface area contributed by atoms with Crippen molar-refractivity contribution in [3.63, 3.8) is 0 Å². The first-order valence-electron chi connectivity index (χ1n) is 10.4. The summed E-state index contributed by atoms with van der Waals surface area (Å²) >= 11 is 0. The van der Waals surface area contributed by atoms with Crippen LogP contribution in [0.4, 0.5) is 23.2 Å². The fraction of sp³-hybridized carbons (Fsp3) is 0.364. The third-order valence-corrected chi connectivity index (χ3v) is 5.35. The lowest BCUT2D eigenvalue weighted by Gasteiger charge is -2.29. The molecule has 7 nitrogen and oxygen atoms in total. The van der Waals surface area contributed by atoms with E-state index in [-0.39, 0.29) is 18.0 Å². The van der Waals surface area contributed by atoms with Gasteiger partial charge in [-0.3, -0.25) is 0 Å². The minimum Gasteiger partial charge on any atom is -0.487 e. The van der Waals surface area contributed by atoms with Crippen LogP contribution in [0.2, 0.25) is 0 Å². The Kier molecular flexibility index (Phi) is 6.68. The van der Waals surface area contributed by atoms with Gasteiger partial charge in [-0.15, -0.1) is 0 Å². The normalized spacial score (nSPS) is 14.6. The SMILES string of the molecule is O=c1n(-c2ccc(N3CCNCC3)cc2)cnn1Cc1ccc(OCC(F)(F)C(F)F)cc1. The number of hydrogen-bond donors (Lipinski definition) is 1. The Morgan fingerprint density at radius 1 is 1.00 bits per heavy atom. The maximum atomic E-state index is 13.0. The smallest absolute Gasteiger partial charge is 0.350 e. The van der Waals surface area contributed by atoms with Crippen molar-refractivity contribution in [2.75, 3.05) is 37.7 Å². The van der Waals surface area contributed by atoms with Crippen molar-refractivity contribution < 1.29 is 22.3 Å². The fourth-order valence-corrected chi connectivity index (χ4v) is 3.48. The van der Waals surface area contributed by atoms with E-state index in [9.17, 15) is 22.4 Å². The number of ether oxygens (including phenoxy) is 1. The molecule has 176 valence electrons. The van der Waals surface area contributed by atoms with E-state index in [4.69, 9.17) is 4.74 Å². The average molecular weight is 465 g/mol. The number of alkyl halides is 4. The lowest BCUT2D eigenvalue weighted by molar-refractivity contribution is -0.148. The maximum absolute atomic E-state index is 13.0. The molecule has 0 aliphatic carbocycles. The van der Waals surface area contributed by atoms with Crippen LogP contribution >= 0.6 is 0 Å². The summed E-state index contributed by atoms with van der Waals surface area (Å²) < 4.78 is 57.8. The van der Waals surface area contributed by atoms with E-state index in [1.165, 1.54) is 27.7 Å². The van der Waals surface area contributed by atoms with Gasteiger partial charge in [-0.05, 0) is 42.0 Å². The molecule has 1 aliphatic rings. The molecule has 0 unspecified atom stereocenters. The van der Waals surface area contributed by atoms with Gasteiger partial charge in [-0.25, -0.2) is 22.8 Å². The molecule has 1 N–H and O–H groups in total. The van der Waals surface area contributed by atoms with E-state index < -0.39 is 19.0 Å². The van der Waals surface area contributed by atoms with Crippen LogP contribution in [-0.4, -0.2) is 59.5 Å².